The zero-order valence-electron chi connectivity index (χ0n) is 14.5. The van der Waals surface area contributed by atoms with Crippen LogP contribution in [0, 0.1) is 11.6 Å². The van der Waals surface area contributed by atoms with Gasteiger partial charge >= 0.3 is 0 Å². The zero-order valence-corrected chi connectivity index (χ0v) is 15.3. The average molecular weight is 390 g/mol. The van der Waals surface area contributed by atoms with Gasteiger partial charge in [-0.2, -0.15) is 0 Å². The third kappa shape index (κ3) is 4.59. The fourth-order valence-electron chi connectivity index (χ4n) is 2.27. The Kier molecular flexibility index (Phi) is 5.66. The number of nitrogens with zero attached hydrogens (tertiary/aromatic N) is 1. The minimum Gasteiger partial charge on any atom is -0.494 e. The highest BCUT2D eigenvalue weighted by molar-refractivity contribution is 7.14. The molecule has 0 saturated heterocycles. The summed E-state index contributed by atoms with van der Waals surface area (Å²) < 4.78 is 37.1. The summed E-state index contributed by atoms with van der Waals surface area (Å²) >= 11 is 1.21. The molecule has 8 heteroatoms. The van der Waals surface area contributed by atoms with Crippen molar-refractivity contribution in [2.24, 2.45) is 0 Å². The molecule has 3 aromatic rings. The predicted molar refractivity (Wildman–Crippen MR) is 99.2 cm³/mol. The molecule has 3 rings (SSSR count). The van der Waals surface area contributed by atoms with Gasteiger partial charge in [0.05, 0.1) is 12.8 Å². The summed E-state index contributed by atoms with van der Waals surface area (Å²) in [5.74, 6) is -0.748. The number of thiazole rings is 1. The van der Waals surface area contributed by atoms with Gasteiger partial charge in [0.1, 0.15) is 11.6 Å². The van der Waals surface area contributed by atoms with Gasteiger partial charge in [-0.15, -0.1) is 11.3 Å². The summed E-state index contributed by atoms with van der Waals surface area (Å²) in [6.45, 7) is 1.58. The van der Waals surface area contributed by atoms with Gasteiger partial charge < -0.3 is 9.47 Å². The molecule has 1 aromatic heterocycles. The van der Waals surface area contributed by atoms with Crippen LogP contribution in [-0.2, 0) is 4.79 Å². The van der Waals surface area contributed by atoms with Gasteiger partial charge in [-0.25, -0.2) is 13.8 Å². The molecule has 1 unspecified atom stereocenters. The number of methoxy groups -OCH3 is 1. The number of aromatic nitrogens is 1. The van der Waals surface area contributed by atoms with Gasteiger partial charge in [-0.1, -0.05) is 0 Å². The summed E-state index contributed by atoms with van der Waals surface area (Å²) in [5, 5.41) is 4.72. The molecule has 0 aliphatic carbocycles. The highest BCUT2D eigenvalue weighted by Gasteiger charge is 2.17. The quantitative estimate of drug-likeness (QED) is 0.673. The number of amides is 1. The van der Waals surface area contributed by atoms with Crippen LogP contribution >= 0.6 is 11.3 Å². The largest absolute Gasteiger partial charge is 0.494 e. The predicted octanol–water partition coefficient (Wildman–Crippen LogP) is 4.50. The van der Waals surface area contributed by atoms with Crippen molar-refractivity contribution >= 4 is 22.4 Å². The number of rotatable bonds is 6. The molecule has 0 aliphatic rings. The SMILES string of the molecule is COc1ccc(-c2csc(NC(=O)C(C)Oc3ccc(F)cc3)n2)cc1F. The zero-order chi connectivity index (χ0) is 19.4. The van der Waals surface area contributed by atoms with E-state index in [1.165, 1.54) is 54.8 Å². The van der Waals surface area contributed by atoms with Crippen molar-refractivity contribution in [2.75, 3.05) is 12.4 Å². The van der Waals surface area contributed by atoms with Crippen LogP contribution in [-0.4, -0.2) is 24.1 Å². The summed E-state index contributed by atoms with van der Waals surface area (Å²) in [5.41, 5.74) is 1.10. The molecule has 0 bridgehead atoms. The fraction of sp³-hybridized carbons (Fsp3) is 0.158. The van der Waals surface area contributed by atoms with Gasteiger partial charge in [-0.3, -0.25) is 10.1 Å². The number of ether oxygens (including phenoxy) is 2. The van der Waals surface area contributed by atoms with Crippen molar-refractivity contribution < 1.29 is 23.0 Å². The molecule has 140 valence electrons. The molecular weight excluding hydrogens is 374 g/mol. The van der Waals surface area contributed by atoms with Crippen molar-refractivity contribution in [3.63, 3.8) is 0 Å². The highest BCUT2D eigenvalue weighted by atomic mass is 32.1. The molecule has 5 nitrogen and oxygen atoms in total. The first-order valence-electron chi connectivity index (χ1n) is 7.99. The fourth-order valence-corrected chi connectivity index (χ4v) is 2.99. The molecule has 1 heterocycles. The van der Waals surface area contributed by atoms with Crippen LogP contribution in [0.3, 0.4) is 0 Å². The van der Waals surface area contributed by atoms with Crippen molar-refractivity contribution in [1.29, 1.82) is 0 Å². The first-order valence-corrected chi connectivity index (χ1v) is 8.87. The number of halogens is 2. The standard InChI is InChI=1S/C19H16F2N2O3S/c1-11(26-14-6-4-13(20)5-7-14)18(24)23-19-22-16(10-27-19)12-3-8-17(25-2)15(21)9-12/h3-11H,1-2H3,(H,22,23,24). The molecule has 2 aromatic carbocycles. The lowest BCUT2D eigenvalue weighted by atomic mass is 10.1. The van der Waals surface area contributed by atoms with Crippen molar-refractivity contribution in [1.82, 2.24) is 4.98 Å². The van der Waals surface area contributed by atoms with Crippen molar-refractivity contribution in [3.05, 3.63) is 59.5 Å². The first kappa shape index (κ1) is 18.8. The second kappa shape index (κ2) is 8.13. The van der Waals surface area contributed by atoms with Crippen LogP contribution < -0.4 is 14.8 Å². The van der Waals surface area contributed by atoms with Crippen molar-refractivity contribution in [3.8, 4) is 22.8 Å². The van der Waals surface area contributed by atoms with E-state index in [2.05, 4.69) is 10.3 Å². The lowest BCUT2D eigenvalue weighted by Gasteiger charge is -2.13. The minimum atomic E-state index is -0.804. The third-order valence-corrected chi connectivity index (χ3v) is 4.44. The van der Waals surface area contributed by atoms with Gasteiger partial charge in [0, 0.05) is 10.9 Å². The van der Waals surface area contributed by atoms with Crippen LogP contribution in [0.5, 0.6) is 11.5 Å². The van der Waals surface area contributed by atoms with Crippen LogP contribution in [0.15, 0.2) is 47.8 Å². The monoisotopic (exact) mass is 390 g/mol. The number of hydrogen-bond donors (Lipinski definition) is 1. The number of nitrogens with one attached hydrogen (secondary N) is 1. The molecular formula is C19H16F2N2O3S. The normalized spacial score (nSPS) is 11.7. The van der Waals surface area contributed by atoms with E-state index in [4.69, 9.17) is 9.47 Å². The molecule has 0 aliphatic heterocycles. The number of carbonyl (C=O) groups is 1. The Labute approximate surface area is 158 Å². The maximum atomic E-state index is 13.8. The number of carbonyl (C=O) groups excluding carboxylic acids is 1. The Bertz CT molecular complexity index is 944. The van der Waals surface area contributed by atoms with E-state index < -0.39 is 17.8 Å². The summed E-state index contributed by atoms with van der Waals surface area (Å²) in [6, 6.07) is 9.91. The second-order valence-electron chi connectivity index (χ2n) is 5.59. The topological polar surface area (TPSA) is 60.5 Å². The summed E-state index contributed by atoms with van der Waals surface area (Å²) in [4.78, 5) is 16.5. The number of benzene rings is 2. The van der Waals surface area contributed by atoms with E-state index in [0.717, 1.165) is 0 Å². The lowest BCUT2D eigenvalue weighted by molar-refractivity contribution is -0.122. The second-order valence-corrected chi connectivity index (χ2v) is 6.45. The van der Waals surface area contributed by atoms with Crippen LogP contribution in [0.25, 0.3) is 11.3 Å². The lowest BCUT2D eigenvalue weighted by Crippen LogP contribution is -2.30. The maximum Gasteiger partial charge on any atom is 0.266 e. The van der Waals surface area contributed by atoms with Crippen molar-refractivity contribution in [2.45, 2.75) is 13.0 Å². The molecule has 27 heavy (non-hydrogen) atoms. The van der Waals surface area contributed by atoms with Gasteiger partial charge in [0.2, 0.25) is 0 Å². The maximum absolute atomic E-state index is 13.8. The number of anilines is 1. The molecule has 1 N–H and O–H groups in total. The van der Waals surface area contributed by atoms with Gasteiger partial charge in [-0.05, 0) is 49.4 Å². The molecule has 1 atom stereocenters. The Morgan fingerprint density at radius 2 is 1.93 bits per heavy atom. The van der Waals surface area contributed by atoms with Gasteiger partial charge in [0.15, 0.2) is 22.8 Å². The summed E-state index contributed by atoms with van der Waals surface area (Å²) in [7, 11) is 1.39. The van der Waals surface area contributed by atoms with E-state index in [-0.39, 0.29) is 11.6 Å². The van der Waals surface area contributed by atoms with E-state index in [0.29, 0.717) is 22.1 Å². The van der Waals surface area contributed by atoms with E-state index in [9.17, 15) is 13.6 Å². The third-order valence-electron chi connectivity index (χ3n) is 3.68. The van der Waals surface area contributed by atoms with Crippen LogP contribution in [0.1, 0.15) is 6.92 Å². The average Bonchev–Trinajstić information content (AvgIpc) is 3.12. The Morgan fingerprint density at radius 3 is 2.59 bits per heavy atom. The molecule has 0 fully saturated rings. The Morgan fingerprint density at radius 1 is 1.19 bits per heavy atom. The molecule has 0 saturated carbocycles. The van der Waals surface area contributed by atoms with Gasteiger partial charge in [0.25, 0.3) is 5.91 Å². The van der Waals surface area contributed by atoms with Crippen LogP contribution in [0.2, 0.25) is 0 Å². The Hall–Kier alpha value is -3.00. The van der Waals surface area contributed by atoms with E-state index >= 15 is 0 Å². The van der Waals surface area contributed by atoms with E-state index in [1.807, 2.05) is 0 Å². The molecule has 1 amide bonds. The highest BCUT2D eigenvalue weighted by Crippen LogP contribution is 2.28. The van der Waals surface area contributed by atoms with Crippen LogP contribution in [0.4, 0.5) is 13.9 Å². The van der Waals surface area contributed by atoms with E-state index in [1.54, 1.807) is 18.4 Å². The number of hydrogen-bond acceptors (Lipinski definition) is 5. The summed E-state index contributed by atoms with van der Waals surface area (Å²) in [6.07, 6.45) is -0.804. The Balaban J connectivity index is 1.65. The molecule has 0 radical (unpaired) electrons. The minimum absolute atomic E-state index is 0.147. The first-order chi connectivity index (χ1) is 13.0. The molecule has 0 spiro atoms. The smallest absolute Gasteiger partial charge is 0.266 e.